The molecule has 5 rings (SSSR count). The lowest BCUT2D eigenvalue weighted by Gasteiger charge is -2.35. The summed E-state index contributed by atoms with van der Waals surface area (Å²) in [6.07, 6.45) is 2.32. The van der Waals surface area contributed by atoms with Crippen LogP contribution < -0.4 is 4.72 Å². The molecule has 0 saturated heterocycles. The summed E-state index contributed by atoms with van der Waals surface area (Å²) in [5.74, 6) is 0.422. The van der Waals surface area contributed by atoms with E-state index in [1.165, 1.54) is 28.8 Å². The summed E-state index contributed by atoms with van der Waals surface area (Å²) in [6, 6.07) is 15.5. The second-order valence-electron chi connectivity index (χ2n) is 7.39. The molecule has 0 radical (unpaired) electrons. The van der Waals surface area contributed by atoms with Gasteiger partial charge in [-0.3, -0.25) is 4.79 Å². The quantitative estimate of drug-likeness (QED) is 0.431. The van der Waals surface area contributed by atoms with Crippen molar-refractivity contribution >= 4 is 38.6 Å². The Balaban J connectivity index is 1.37. The van der Waals surface area contributed by atoms with E-state index in [0.717, 1.165) is 11.3 Å². The molecule has 1 atom stereocenters. The molecular formula is C23H20N2O4S3. The Hall–Kier alpha value is -2.72. The number of rotatable bonds is 6. The van der Waals surface area contributed by atoms with Crippen molar-refractivity contribution in [2.24, 2.45) is 0 Å². The van der Waals surface area contributed by atoms with E-state index < -0.39 is 10.0 Å². The van der Waals surface area contributed by atoms with Gasteiger partial charge in [0.15, 0.2) is 0 Å². The smallest absolute Gasteiger partial charge is 0.254 e. The highest BCUT2D eigenvalue weighted by Crippen LogP contribution is 2.40. The van der Waals surface area contributed by atoms with E-state index in [1.54, 1.807) is 46.9 Å². The zero-order chi connectivity index (χ0) is 22.1. The van der Waals surface area contributed by atoms with E-state index in [0.29, 0.717) is 17.9 Å². The molecule has 0 spiro atoms. The second kappa shape index (κ2) is 8.67. The van der Waals surface area contributed by atoms with Crippen LogP contribution in [0.3, 0.4) is 0 Å². The number of carbonyl (C=O) groups excluding carboxylic acids is 1. The van der Waals surface area contributed by atoms with Crippen molar-refractivity contribution in [1.82, 2.24) is 9.62 Å². The van der Waals surface area contributed by atoms with Gasteiger partial charge >= 0.3 is 0 Å². The average molecular weight is 485 g/mol. The first-order chi connectivity index (χ1) is 15.5. The van der Waals surface area contributed by atoms with Gasteiger partial charge in [0, 0.05) is 21.9 Å². The summed E-state index contributed by atoms with van der Waals surface area (Å²) in [7, 11) is -3.71. The molecule has 0 bridgehead atoms. The Morgan fingerprint density at radius 1 is 1.06 bits per heavy atom. The monoisotopic (exact) mass is 484 g/mol. The van der Waals surface area contributed by atoms with E-state index in [-0.39, 0.29) is 23.4 Å². The van der Waals surface area contributed by atoms with Crippen molar-refractivity contribution in [1.29, 1.82) is 0 Å². The number of nitrogens with zero attached hydrogens (tertiary/aromatic N) is 1. The average Bonchev–Trinajstić information content (AvgIpc) is 3.59. The van der Waals surface area contributed by atoms with Gasteiger partial charge in [-0.15, -0.1) is 22.7 Å². The van der Waals surface area contributed by atoms with Crippen molar-refractivity contribution in [2.75, 3.05) is 6.54 Å². The maximum Gasteiger partial charge on any atom is 0.254 e. The van der Waals surface area contributed by atoms with Gasteiger partial charge in [0.25, 0.3) is 5.91 Å². The van der Waals surface area contributed by atoms with Crippen LogP contribution in [0.2, 0.25) is 0 Å². The van der Waals surface area contributed by atoms with Gasteiger partial charge in [-0.25, -0.2) is 13.1 Å². The number of sulfonamides is 1. The van der Waals surface area contributed by atoms with E-state index in [4.69, 9.17) is 4.42 Å². The van der Waals surface area contributed by atoms with E-state index >= 15 is 0 Å². The third-order valence-corrected chi connectivity index (χ3v) is 8.81. The summed E-state index contributed by atoms with van der Waals surface area (Å²) >= 11 is 3.37. The highest BCUT2D eigenvalue weighted by Gasteiger charge is 2.34. The zero-order valence-electron chi connectivity index (χ0n) is 16.9. The van der Waals surface area contributed by atoms with Gasteiger partial charge in [0.1, 0.15) is 5.76 Å². The van der Waals surface area contributed by atoms with E-state index in [2.05, 4.69) is 22.2 Å². The minimum absolute atomic E-state index is 0.0647. The number of carbonyl (C=O) groups is 1. The molecule has 1 aliphatic heterocycles. The van der Waals surface area contributed by atoms with Gasteiger partial charge in [0.05, 0.1) is 23.7 Å². The molecule has 9 heteroatoms. The summed E-state index contributed by atoms with van der Waals surface area (Å²) in [5, 5.41) is 4.10. The van der Waals surface area contributed by atoms with Crippen molar-refractivity contribution in [3.63, 3.8) is 0 Å². The third kappa shape index (κ3) is 4.04. The Morgan fingerprint density at radius 3 is 2.62 bits per heavy atom. The van der Waals surface area contributed by atoms with Gasteiger partial charge < -0.3 is 9.32 Å². The molecular weight excluding hydrogens is 464 g/mol. The SMILES string of the molecule is O=C(c1ccc(S(=O)(=O)NCc2ccco2)cc1)N1CCc2sccc2[C@H]1c1cccs1. The molecule has 1 amide bonds. The first kappa shape index (κ1) is 21.1. The van der Waals surface area contributed by atoms with Gasteiger partial charge in [-0.2, -0.15) is 0 Å². The molecule has 3 aromatic heterocycles. The van der Waals surface area contributed by atoms with E-state index in [1.807, 2.05) is 16.3 Å². The van der Waals surface area contributed by atoms with Gasteiger partial charge in [0.2, 0.25) is 10.0 Å². The summed E-state index contributed by atoms with van der Waals surface area (Å²) in [6.45, 7) is 0.689. The Bertz CT molecular complexity index is 1310. The minimum atomic E-state index is -3.71. The molecule has 1 N–H and O–H groups in total. The fraction of sp³-hybridized carbons (Fsp3) is 0.174. The molecule has 4 aromatic rings. The number of furan rings is 1. The standard InChI is InChI=1S/C23H20N2O4S3/c26-23(25-11-9-20-19(10-14-31-20)22(25)21-4-2-13-30-21)16-5-7-18(8-6-16)32(27,28)24-15-17-3-1-12-29-17/h1-8,10,12-14,22,24H,9,11,15H2/t22-/m0/s1. The number of nitrogens with one attached hydrogen (secondary N) is 1. The fourth-order valence-corrected chi connectivity index (χ4v) is 6.65. The number of amides is 1. The van der Waals surface area contributed by atoms with Crippen LogP contribution in [-0.4, -0.2) is 25.8 Å². The van der Waals surface area contributed by atoms with E-state index in [9.17, 15) is 13.2 Å². The Labute approximate surface area is 194 Å². The van der Waals surface area contributed by atoms with Crippen LogP contribution in [0.5, 0.6) is 0 Å². The summed E-state index contributed by atoms with van der Waals surface area (Å²) in [4.78, 5) is 17.9. The third-order valence-electron chi connectivity index (χ3n) is 5.47. The number of hydrogen-bond donors (Lipinski definition) is 1. The molecule has 6 nitrogen and oxygen atoms in total. The predicted octanol–water partition coefficient (Wildman–Crippen LogP) is 4.67. The fourth-order valence-electron chi connectivity index (χ4n) is 3.89. The van der Waals surface area contributed by atoms with Crippen LogP contribution in [0.4, 0.5) is 0 Å². The summed E-state index contributed by atoms with van der Waals surface area (Å²) in [5.41, 5.74) is 1.65. The van der Waals surface area contributed by atoms with Crippen LogP contribution in [0.1, 0.15) is 37.5 Å². The molecule has 1 aliphatic rings. The van der Waals surface area contributed by atoms with Crippen LogP contribution in [0.15, 0.2) is 80.9 Å². The second-order valence-corrected chi connectivity index (χ2v) is 11.1. The largest absolute Gasteiger partial charge is 0.468 e. The number of hydrogen-bond acceptors (Lipinski definition) is 6. The topological polar surface area (TPSA) is 79.6 Å². The minimum Gasteiger partial charge on any atom is -0.468 e. The van der Waals surface area contributed by atoms with Crippen molar-refractivity contribution in [3.8, 4) is 0 Å². The predicted molar refractivity (Wildman–Crippen MR) is 124 cm³/mol. The van der Waals surface area contributed by atoms with Crippen LogP contribution >= 0.6 is 22.7 Å². The molecule has 164 valence electrons. The maximum atomic E-state index is 13.4. The Morgan fingerprint density at radius 2 is 1.91 bits per heavy atom. The Kier molecular flexibility index (Phi) is 5.73. The van der Waals surface area contributed by atoms with Crippen molar-refractivity contribution in [2.45, 2.75) is 23.9 Å². The molecule has 0 fully saturated rings. The number of thiophene rings is 2. The molecule has 0 aliphatic carbocycles. The van der Waals surface area contributed by atoms with Crippen LogP contribution in [0.25, 0.3) is 0 Å². The lowest BCUT2D eigenvalue weighted by molar-refractivity contribution is 0.0698. The molecule has 0 saturated carbocycles. The first-order valence-corrected chi connectivity index (χ1v) is 13.3. The lowest BCUT2D eigenvalue weighted by atomic mass is 9.97. The van der Waals surface area contributed by atoms with Crippen molar-refractivity contribution in [3.05, 3.63) is 98.3 Å². The zero-order valence-corrected chi connectivity index (χ0v) is 19.4. The molecule has 1 aromatic carbocycles. The number of fused-ring (bicyclic) bond motifs is 1. The highest BCUT2D eigenvalue weighted by atomic mass is 32.2. The lowest BCUT2D eigenvalue weighted by Crippen LogP contribution is -2.39. The summed E-state index contributed by atoms with van der Waals surface area (Å²) < 4.78 is 32.8. The highest BCUT2D eigenvalue weighted by molar-refractivity contribution is 7.89. The molecule has 0 unspecified atom stereocenters. The maximum absolute atomic E-state index is 13.4. The van der Waals surface area contributed by atoms with Crippen LogP contribution in [-0.2, 0) is 23.0 Å². The molecule has 32 heavy (non-hydrogen) atoms. The van der Waals surface area contributed by atoms with Crippen molar-refractivity contribution < 1.29 is 17.6 Å². The first-order valence-electron chi connectivity index (χ1n) is 10.1. The van der Waals surface area contributed by atoms with Gasteiger partial charge in [-0.1, -0.05) is 6.07 Å². The normalized spacial score (nSPS) is 16.1. The molecule has 4 heterocycles. The van der Waals surface area contributed by atoms with Crippen LogP contribution in [0, 0.1) is 0 Å². The van der Waals surface area contributed by atoms with Gasteiger partial charge in [-0.05, 0) is 71.3 Å². The number of benzene rings is 1.